The average molecular weight is 370 g/mol. The number of rotatable bonds is 4. The standard InChI is InChI=1S/C23H18N2OS/c1-16-24-21(19-10-6-3-7-11-19)22(27-16)23(26)25-20-14-12-18(13-15-20)17-8-4-2-5-9-17/h2-15H,1H3,(H,25,26). The lowest BCUT2D eigenvalue weighted by Crippen LogP contribution is -2.11. The van der Waals surface area contributed by atoms with E-state index in [9.17, 15) is 4.79 Å². The van der Waals surface area contributed by atoms with Gasteiger partial charge in [-0.2, -0.15) is 0 Å². The zero-order valence-electron chi connectivity index (χ0n) is 14.8. The molecule has 0 fully saturated rings. The van der Waals surface area contributed by atoms with Crippen molar-refractivity contribution < 1.29 is 4.79 Å². The zero-order chi connectivity index (χ0) is 18.6. The van der Waals surface area contributed by atoms with E-state index in [4.69, 9.17) is 0 Å². The van der Waals surface area contributed by atoms with Crippen LogP contribution in [0.15, 0.2) is 84.9 Å². The van der Waals surface area contributed by atoms with Gasteiger partial charge < -0.3 is 5.32 Å². The van der Waals surface area contributed by atoms with Gasteiger partial charge in [0.05, 0.1) is 10.7 Å². The van der Waals surface area contributed by atoms with Crippen LogP contribution in [0.25, 0.3) is 22.4 Å². The first-order valence-corrected chi connectivity index (χ1v) is 9.52. The quantitative estimate of drug-likeness (QED) is 0.476. The van der Waals surface area contributed by atoms with Gasteiger partial charge in [-0.05, 0) is 30.2 Å². The maximum atomic E-state index is 12.8. The second-order valence-electron chi connectivity index (χ2n) is 6.17. The maximum absolute atomic E-state index is 12.8. The second-order valence-corrected chi connectivity index (χ2v) is 7.38. The van der Waals surface area contributed by atoms with Gasteiger partial charge >= 0.3 is 0 Å². The minimum Gasteiger partial charge on any atom is -0.321 e. The number of nitrogens with one attached hydrogen (secondary N) is 1. The van der Waals surface area contributed by atoms with Crippen molar-refractivity contribution in [1.82, 2.24) is 4.98 Å². The Balaban J connectivity index is 1.57. The summed E-state index contributed by atoms with van der Waals surface area (Å²) in [6.45, 7) is 1.92. The van der Waals surface area contributed by atoms with E-state index in [1.807, 2.05) is 79.7 Å². The number of nitrogens with zero attached hydrogens (tertiary/aromatic N) is 1. The molecule has 0 aliphatic carbocycles. The lowest BCUT2D eigenvalue weighted by atomic mass is 10.1. The molecule has 0 aliphatic heterocycles. The van der Waals surface area contributed by atoms with Gasteiger partial charge in [0, 0.05) is 11.3 Å². The number of benzene rings is 3. The molecule has 4 aromatic rings. The number of aromatic nitrogens is 1. The van der Waals surface area contributed by atoms with Gasteiger partial charge in [0.1, 0.15) is 4.88 Å². The van der Waals surface area contributed by atoms with Crippen molar-refractivity contribution in [3.63, 3.8) is 0 Å². The molecule has 3 aromatic carbocycles. The third-order valence-electron chi connectivity index (χ3n) is 4.24. The summed E-state index contributed by atoms with van der Waals surface area (Å²) in [5.74, 6) is -0.132. The van der Waals surface area contributed by atoms with Crippen molar-refractivity contribution in [2.45, 2.75) is 6.92 Å². The molecule has 0 saturated carbocycles. The summed E-state index contributed by atoms with van der Waals surface area (Å²) < 4.78 is 0. The molecule has 4 rings (SSSR count). The highest BCUT2D eigenvalue weighted by atomic mass is 32.1. The summed E-state index contributed by atoms with van der Waals surface area (Å²) in [6.07, 6.45) is 0. The highest BCUT2D eigenvalue weighted by Gasteiger charge is 2.18. The first-order valence-electron chi connectivity index (χ1n) is 8.70. The summed E-state index contributed by atoms with van der Waals surface area (Å²) in [5.41, 5.74) is 4.72. The van der Waals surface area contributed by atoms with Crippen molar-refractivity contribution >= 4 is 22.9 Å². The van der Waals surface area contributed by atoms with Gasteiger partial charge in [-0.1, -0.05) is 72.8 Å². The molecule has 132 valence electrons. The molecule has 27 heavy (non-hydrogen) atoms. The molecule has 1 amide bonds. The summed E-state index contributed by atoms with van der Waals surface area (Å²) in [6, 6.07) is 27.9. The molecular weight excluding hydrogens is 352 g/mol. The molecule has 0 atom stereocenters. The molecule has 3 nitrogen and oxygen atoms in total. The van der Waals surface area contributed by atoms with E-state index in [1.165, 1.54) is 11.3 Å². The Labute approximate surface area is 162 Å². The minimum absolute atomic E-state index is 0.132. The van der Waals surface area contributed by atoms with E-state index in [2.05, 4.69) is 22.4 Å². The summed E-state index contributed by atoms with van der Waals surface area (Å²) >= 11 is 1.41. The molecule has 4 heteroatoms. The normalized spacial score (nSPS) is 10.6. The van der Waals surface area contributed by atoms with Crippen LogP contribution in [0.4, 0.5) is 5.69 Å². The fourth-order valence-electron chi connectivity index (χ4n) is 2.94. The fourth-order valence-corrected chi connectivity index (χ4v) is 3.77. The molecule has 0 radical (unpaired) electrons. The number of hydrogen-bond acceptors (Lipinski definition) is 3. The Hall–Kier alpha value is -3.24. The van der Waals surface area contributed by atoms with Gasteiger partial charge in [-0.15, -0.1) is 11.3 Å². The largest absolute Gasteiger partial charge is 0.321 e. The lowest BCUT2D eigenvalue weighted by molar-refractivity contribution is 0.103. The van der Waals surface area contributed by atoms with Crippen molar-refractivity contribution in [3.8, 4) is 22.4 Å². The Morgan fingerprint density at radius 2 is 1.33 bits per heavy atom. The summed E-state index contributed by atoms with van der Waals surface area (Å²) in [4.78, 5) is 18.0. The van der Waals surface area contributed by atoms with Crippen LogP contribution < -0.4 is 5.32 Å². The highest BCUT2D eigenvalue weighted by Crippen LogP contribution is 2.29. The predicted octanol–water partition coefficient (Wildman–Crippen LogP) is 6.04. The van der Waals surface area contributed by atoms with E-state index in [1.54, 1.807) is 0 Å². The van der Waals surface area contributed by atoms with Crippen molar-refractivity contribution in [2.24, 2.45) is 0 Å². The number of hydrogen-bond donors (Lipinski definition) is 1. The smallest absolute Gasteiger partial charge is 0.268 e. The predicted molar refractivity (Wildman–Crippen MR) is 112 cm³/mol. The van der Waals surface area contributed by atoms with Gasteiger partial charge in [0.15, 0.2) is 0 Å². The van der Waals surface area contributed by atoms with Crippen molar-refractivity contribution in [3.05, 3.63) is 94.8 Å². The minimum atomic E-state index is -0.132. The molecule has 0 spiro atoms. The number of thiazole rings is 1. The Morgan fingerprint density at radius 3 is 1.96 bits per heavy atom. The molecule has 0 unspecified atom stereocenters. The highest BCUT2D eigenvalue weighted by molar-refractivity contribution is 7.14. The van der Waals surface area contributed by atoms with E-state index >= 15 is 0 Å². The average Bonchev–Trinajstić information content (AvgIpc) is 3.12. The molecular formula is C23H18N2OS. The third kappa shape index (κ3) is 3.81. The van der Waals surface area contributed by atoms with Crippen LogP contribution in [0.1, 0.15) is 14.7 Å². The third-order valence-corrected chi connectivity index (χ3v) is 5.21. The van der Waals surface area contributed by atoms with Crippen LogP contribution in [0, 0.1) is 6.92 Å². The van der Waals surface area contributed by atoms with Crippen LogP contribution >= 0.6 is 11.3 Å². The first-order chi connectivity index (χ1) is 13.2. The van der Waals surface area contributed by atoms with E-state index in [0.29, 0.717) is 4.88 Å². The lowest BCUT2D eigenvalue weighted by Gasteiger charge is -2.07. The first kappa shape index (κ1) is 17.2. The zero-order valence-corrected chi connectivity index (χ0v) is 15.7. The number of carbonyl (C=O) groups excluding carboxylic acids is 1. The van der Waals surface area contributed by atoms with Crippen LogP contribution in [0.5, 0.6) is 0 Å². The second kappa shape index (κ2) is 7.56. The fraction of sp³-hybridized carbons (Fsp3) is 0.0435. The summed E-state index contributed by atoms with van der Waals surface area (Å²) in [5, 5.41) is 3.87. The number of aryl methyl sites for hydroxylation is 1. The van der Waals surface area contributed by atoms with Gasteiger partial charge in [0.2, 0.25) is 0 Å². The van der Waals surface area contributed by atoms with Crippen LogP contribution in [-0.4, -0.2) is 10.9 Å². The van der Waals surface area contributed by atoms with E-state index < -0.39 is 0 Å². The molecule has 1 N–H and O–H groups in total. The monoisotopic (exact) mass is 370 g/mol. The number of anilines is 1. The van der Waals surface area contributed by atoms with E-state index in [-0.39, 0.29) is 5.91 Å². The van der Waals surface area contributed by atoms with Gasteiger partial charge in [0.25, 0.3) is 5.91 Å². The molecule has 0 saturated heterocycles. The van der Waals surface area contributed by atoms with Crippen molar-refractivity contribution in [1.29, 1.82) is 0 Å². The number of amides is 1. The van der Waals surface area contributed by atoms with Crippen molar-refractivity contribution in [2.75, 3.05) is 5.32 Å². The maximum Gasteiger partial charge on any atom is 0.268 e. The SMILES string of the molecule is Cc1nc(-c2ccccc2)c(C(=O)Nc2ccc(-c3ccccc3)cc2)s1. The molecule has 0 bridgehead atoms. The van der Waals surface area contributed by atoms with E-state index in [0.717, 1.165) is 33.1 Å². The Morgan fingerprint density at radius 1 is 0.778 bits per heavy atom. The van der Waals surface area contributed by atoms with Crippen LogP contribution in [0.3, 0.4) is 0 Å². The Kier molecular flexibility index (Phi) is 4.81. The number of carbonyl (C=O) groups is 1. The van der Waals surface area contributed by atoms with Crippen LogP contribution in [-0.2, 0) is 0 Å². The summed E-state index contributed by atoms with van der Waals surface area (Å²) in [7, 11) is 0. The molecule has 1 heterocycles. The van der Waals surface area contributed by atoms with Crippen LogP contribution in [0.2, 0.25) is 0 Å². The van der Waals surface area contributed by atoms with Gasteiger partial charge in [-0.3, -0.25) is 4.79 Å². The van der Waals surface area contributed by atoms with Gasteiger partial charge in [-0.25, -0.2) is 4.98 Å². The topological polar surface area (TPSA) is 42.0 Å². The molecule has 0 aliphatic rings. The Bertz CT molecular complexity index is 1050. The molecule has 1 aromatic heterocycles.